The molecule has 72 valence electrons. The number of hydrogen-bond donors (Lipinski definition) is 1. The Bertz CT molecular complexity index is 290. The largest absolute Gasteiger partial charge is 0.507 e. The summed E-state index contributed by atoms with van der Waals surface area (Å²) in [6, 6.07) is 3.27. The fourth-order valence-corrected chi connectivity index (χ4v) is 0.918. The minimum Gasteiger partial charge on any atom is -0.507 e. The minimum atomic E-state index is 0.0584. The highest BCUT2D eigenvalue weighted by molar-refractivity contribution is 5.79. The number of phenolic OH excluding ortho intramolecular Hbond substituents is 1. The van der Waals surface area contributed by atoms with Gasteiger partial charge in [0.05, 0.1) is 5.56 Å². The molecule has 1 aromatic carbocycles. The molecular formula is C11H16O2. The molecule has 0 saturated heterocycles. The first-order valence-corrected chi connectivity index (χ1v) is 4.40. The molecule has 0 unspecified atom stereocenters. The average molecular weight is 180 g/mol. The maximum atomic E-state index is 10.3. The van der Waals surface area contributed by atoms with Gasteiger partial charge in [-0.25, -0.2) is 0 Å². The van der Waals surface area contributed by atoms with Gasteiger partial charge < -0.3 is 5.11 Å². The van der Waals surface area contributed by atoms with Gasteiger partial charge in [0.2, 0.25) is 0 Å². The van der Waals surface area contributed by atoms with Crippen molar-refractivity contribution in [2.45, 2.75) is 27.7 Å². The van der Waals surface area contributed by atoms with Gasteiger partial charge in [0.1, 0.15) is 5.75 Å². The van der Waals surface area contributed by atoms with Crippen LogP contribution >= 0.6 is 0 Å². The number of carbonyl (C=O) groups excluding carboxylic acids is 1. The van der Waals surface area contributed by atoms with Gasteiger partial charge >= 0.3 is 0 Å². The second-order valence-corrected chi connectivity index (χ2v) is 2.61. The van der Waals surface area contributed by atoms with Gasteiger partial charge in [0, 0.05) is 0 Å². The van der Waals surface area contributed by atoms with E-state index in [4.69, 9.17) is 0 Å². The lowest BCUT2D eigenvalue weighted by molar-refractivity contribution is 0.112. The van der Waals surface area contributed by atoms with E-state index in [1.165, 1.54) is 0 Å². The Labute approximate surface area is 79.2 Å². The van der Waals surface area contributed by atoms with Crippen molar-refractivity contribution in [3.63, 3.8) is 0 Å². The molecule has 0 aromatic heterocycles. The SMILES string of the molecule is CC.Cc1cc(O)c(C=O)cc1C. The molecule has 0 aliphatic heterocycles. The second-order valence-electron chi connectivity index (χ2n) is 2.61. The van der Waals surface area contributed by atoms with Crippen LogP contribution in [0.1, 0.15) is 35.3 Å². The highest BCUT2D eigenvalue weighted by Crippen LogP contribution is 2.19. The van der Waals surface area contributed by atoms with E-state index in [1.807, 2.05) is 27.7 Å². The maximum absolute atomic E-state index is 10.3. The lowest BCUT2D eigenvalue weighted by atomic mass is 10.1. The molecule has 0 radical (unpaired) electrons. The van der Waals surface area contributed by atoms with Crippen molar-refractivity contribution in [1.29, 1.82) is 0 Å². The fourth-order valence-electron chi connectivity index (χ4n) is 0.918. The first kappa shape index (κ1) is 11.7. The van der Waals surface area contributed by atoms with Crippen molar-refractivity contribution in [3.05, 3.63) is 28.8 Å². The van der Waals surface area contributed by atoms with Crippen molar-refractivity contribution < 1.29 is 9.90 Å². The number of phenols is 1. The summed E-state index contributed by atoms with van der Waals surface area (Å²) in [7, 11) is 0. The van der Waals surface area contributed by atoms with Gasteiger partial charge in [-0.15, -0.1) is 0 Å². The fraction of sp³-hybridized carbons (Fsp3) is 0.364. The molecule has 0 fully saturated rings. The first-order valence-electron chi connectivity index (χ1n) is 4.40. The van der Waals surface area contributed by atoms with Gasteiger partial charge in [-0.05, 0) is 37.1 Å². The third-order valence-electron chi connectivity index (χ3n) is 1.77. The Hall–Kier alpha value is -1.31. The van der Waals surface area contributed by atoms with Crippen LogP contribution in [0.2, 0.25) is 0 Å². The summed E-state index contributed by atoms with van der Waals surface area (Å²) in [6.07, 6.45) is 0.655. The second kappa shape index (κ2) is 5.36. The standard InChI is InChI=1S/C9H10O2.C2H6/c1-6-3-8(5-10)9(11)4-7(6)2;1-2/h3-5,11H,1-2H3;1-2H3. The highest BCUT2D eigenvalue weighted by atomic mass is 16.3. The Kier molecular flexibility index (Phi) is 4.82. The molecular weight excluding hydrogens is 164 g/mol. The zero-order valence-electron chi connectivity index (χ0n) is 8.59. The molecule has 0 saturated carbocycles. The van der Waals surface area contributed by atoms with Crippen LogP contribution in [0.25, 0.3) is 0 Å². The lowest BCUT2D eigenvalue weighted by Gasteiger charge is -2.02. The van der Waals surface area contributed by atoms with E-state index in [0.717, 1.165) is 11.1 Å². The predicted molar refractivity (Wildman–Crippen MR) is 54.3 cm³/mol. The minimum absolute atomic E-state index is 0.0584. The van der Waals surface area contributed by atoms with Crippen molar-refractivity contribution in [2.24, 2.45) is 0 Å². The van der Waals surface area contributed by atoms with Crippen LogP contribution in [0.4, 0.5) is 0 Å². The molecule has 2 heteroatoms. The van der Waals surface area contributed by atoms with Crippen LogP contribution in [-0.2, 0) is 0 Å². The zero-order chi connectivity index (χ0) is 10.4. The zero-order valence-corrected chi connectivity index (χ0v) is 8.59. The Morgan fingerprint density at radius 3 is 2.08 bits per heavy atom. The van der Waals surface area contributed by atoms with Gasteiger partial charge in [0.15, 0.2) is 6.29 Å². The molecule has 0 aliphatic rings. The van der Waals surface area contributed by atoms with Crippen molar-refractivity contribution in [2.75, 3.05) is 0 Å². The van der Waals surface area contributed by atoms with E-state index in [-0.39, 0.29) is 5.75 Å². The summed E-state index contributed by atoms with van der Waals surface area (Å²) in [5.74, 6) is 0.0584. The quantitative estimate of drug-likeness (QED) is 0.675. The molecule has 1 aromatic rings. The van der Waals surface area contributed by atoms with Crippen LogP contribution in [-0.4, -0.2) is 11.4 Å². The highest BCUT2D eigenvalue weighted by Gasteiger charge is 2.01. The number of aromatic hydroxyl groups is 1. The van der Waals surface area contributed by atoms with E-state index in [9.17, 15) is 9.90 Å². The van der Waals surface area contributed by atoms with Gasteiger partial charge in [-0.3, -0.25) is 4.79 Å². The number of aldehydes is 1. The van der Waals surface area contributed by atoms with Crippen LogP contribution in [0.5, 0.6) is 5.75 Å². The van der Waals surface area contributed by atoms with E-state index in [0.29, 0.717) is 11.8 Å². The van der Waals surface area contributed by atoms with Crippen LogP contribution in [0.3, 0.4) is 0 Å². The number of carbonyl (C=O) groups is 1. The van der Waals surface area contributed by atoms with E-state index >= 15 is 0 Å². The monoisotopic (exact) mass is 180 g/mol. The van der Waals surface area contributed by atoms with Gasteiger partial charge in [-0.1, -0.05) is 13.8 Å². The molecule has 1 N–H and O–H groups in total. The molecule has 0 amide bonds. The molecule has 0 aliphatic carbocycles. The van der Waals surface area contributed by atoms with Crippen LogP contribution in [0.15, 0.2) is 12.1 Å². The molecule has 13 heavy (non-hydrogen) atoms. The topological polar surface area (TPSA) is 37.3 Å². The third-order valence-corrected chi connectivity index (χ3v) is 1.77. The average Bonchev–Trinajstić information content (AvgIpc) is 2.15. The molecule has 0 spiro atoms. The van der Waals surface area contributed by atoms with Gasteiger partial charge in [0.25, 0.3) is 0 Å². The number of aryl methyl sites for hydroxylation is 2. The molecule has 0 heterocycles. The van der Waals surface area contributed by atoms with Crippen LogP contribution < -0.4 is 0 Å². The summed E-state index contributed by atoms with van der Waals surface area (Å²) in [5, 5.41) is 9.18. The Balaban J connectivity index is 0.000000671. The molecule has 0 atom stereocenters. The number of rotatable bonds is 1. The molecule has 0 bridgehead atoms. The smallest absolute Gasteiger partial charge is 0.153 e. The Morgan fingerprint density at radius 2 is 1.62 bits per heavy atom. The lowest BCUT2D eigenvalue weighted by Crippen LogP contribution is -1.86. The summed E-state index contributed by atoms with van der Waals surface area (Å²) in [4.78, 5) is 10.3. The van der Waals surface area contributed by atoms with E-state index in [2.05, 4.69) is 0 Å². The molecule has 2 nitrogen and oxygen atoms in total. The normalized spacial score (nSPS) is 8.62. The first-order chi connectivity index (χ1) is 6.15. The number of hydrogen-bond acceptors (Lipinski definition) is 2. The number of benzene rings is 1. The van der Waals surface area contributed by atoms with E-state index in [1.54, 1.807) is 12.1 Å². The summed E-state index contributed by atoms with van der Waals surface area (Å²) in [5.41, 5.74) is 2.37. The summed E-state index contributed by atoms with van der Waals surface area (Å²) in [6.45, 7) is 7.80. The van der Waals surface area contributed by atoms with Crippen molar-refractivity contribution in [1.82, 2.24) is 0 Å². The predicted octanol–water partition coefficient (Wildman–Crippen LogP) is 2.85. The third kappa shape index (κ3) is 2.90. The van der Waals surface area contributed by atoms with Crippen LogP contribution in [0, 0.1) is 13.8 Å². The summed E-state index contributed by atoms with van der Waals surface area (Å²) < 4.78 is 0. The van der Waals surface area contributed by atoms with Crippen molar-refractivity contribution >= 4 is 6.29 Å². The van der Waals surface area contributed by atoms with Gasteiger partial charge in [-0.2, -0.15) is 0 Å². The summed E-state index contributed by atoms with van der Waals surface area (Å²) >= 11 is 0. The maximum Gasteiger partial charge on any atom is 0.153 e. The Morgan fingerprint density at radius 1 is 1.15 bits per heavy atom. The van der Waals surface area contributed by atoms with E-state index < -0.39 is 0 Å². The molecule has 1 rings (SSSR count). The van der Waals surface area contributed by atoms with Crippen molar-refractivity contribution in [3.8, 4) is 5.75 Å².